The number of thiophene rings is 1. The van der Waals surface area contributed by atoms with Crippen molar-refractivity contribution < 1.29 is 5.11 Å². The highest BCUT2D eigenvalue weighted by atomic mass is 32.1. The molecule has 0 saturated heterocycles. The Morgan fingerprint density at radius 3 is 2.92 bits per heavy atom. The highest BCUT2D eigenvalue weighted by molar-refractivity contribution is 7.10. The van der Waals surface area contributed by atoms with Gasteiger partial charge in [-0.3, -0.25) is 0 Å². The van der Waals surface area contributed by atoms with Crippen molar-refractivity contribution in [2.24, 2.45) is 0 Å². The zero-order valence-corrected chi connectivity index (χ0v) is 8.39. The molecule has 70 valence electrons. The maximum Gasteiger partial charge on any atom is 0.109 e. The minimum atomic E-state index is -0.333. The van der Waals surface area contributed by atoms with Crippen LogP contribution in [0.5, 0.6) is 0 Å². The summed E-state index contributed by atoms with van der Waals surface area (Å²) in [6.45, 7) is 0. The van der Waals surface area contributed by atoms with Gasteiger partial charge in [-0.2, -0.15) is 0 Å². The molecule has 1 heterocycles. The first-order valence-corrected chi connectivity index (χ1v) is 5.66. The SMILES string of the molecule is OC(C1=CCCCC1)c1cccs1. The molecule has 0 fully saturated rings. The number of aliphatic hydroxyl groups is 1. The summed E-state index contributed by atoms with van der Waals surface area (Å²) in [6.07, 6.45) is 6.58. The van der Waals surface area contributed by atoms with Crippen molar-refractivity contribution in [3.8, 4) is 0 Å². The van der Waals surface area contributed by atoms with Crippen molar-refractivity contribution in [1.82, 2.24) is 0 Å². The fourth-order valence-electron chi connectivity index (χ4n) is 1.74. The minimum Gasteiger partial charge on any atom is -0.383 e. The molecule has 0 amide bonds. The van der Waals surface area contributed by atoms with E-state index in [-0.39, 0.29) is 6.10 Å². The molecule has 1 nitrogen and oxygen atoms in total. The molecule has 0 saturated carbocycles. The fourth-order valence-corrected chi connectivity index (χ4v) is 2.49. The van der Waals surface area contributed by atoms with Gasteiger partial charge in [0.1, 0.15) is 6.10 Å². The molecular formula is C11H14OS. The highest BCUT2D eigenvalue weighted by Crippen LogP contribution is 2.31. The van der Waals surface area contributed by atoms with Gasteiger partial charge in [-0.1, -0.05) is 12.1 Å². The van der Waals surface area contributed by atoms with Crippen LogP contribution in [0.2, 0.25) is 0 Å². The van der Waals surface area contributed by atoms with Gasteiger partial charge in [-0.15, -0.1) is 11.3 Å². The van der Waals surface area contributed by atoms with E-state index in [1.807, 2.05) is 17.5 Å². The third kappa shape index (κ3) is 2.01. The van der Waals surface area contributed by atoms with Gasteiger partial charge in [0.05, 0.1) is 0 Å². The molecule has 1 unspecified atom stereocenters. The summed E-state index contributed by atoms with van der Waals surface area (Å²) in [5, 5.41) is 12.0. The Kier molecular flexibility index (Phi) is 2.81. The van der Waals surface area contributed by atoms with Crippen LogP contribution >= 0.6 is 11.3 Å². The lowest BCUT2D eigenvalue weighted by molar-refractivity contribution is 0.212. The van der Waals surface area contributed by atoms with Gasteiger partial charge in [0.25, 0.3) is 0 Å². The van der Waals surface area contributed by atoms with Crippen LogP contribution in [0.3, 0.4) is 0 Å². The van der Waals surface area contributed by atoms with Crippen molar-refractivity contribution >= 4 is 11.3 Å². The number of hydrogen-bond donors (Lipinski definition) is 1. The van der Waals surface area contributed by atoms with E-state index >= 15 is 0 Å². The summed E-state index contributed by atoms with van der Waals surface area (Å²) in [5.41, 5.74) is 1.22. The normalized spacial score (nSPS) is 19.6. The maximum atomic E-state index is 9.98. The quantitative estimate of drug-likeness (QED) is 0.716. The highest BCUT2D eigenvalue weighted by Gasteiger charge is 2.15. The molecule has 0 aromatic carbocycles. The molecule has 1 aliphatic rings. The van der Waals surface area contributed by atoms with Gasteiger partial charge in [-0.05, 0) is 42.7 Å². The number of hydrogen-bond acceptors (Lipinski definition) is 2. The number of aliphatic hydroxyl groups excluding tert-OH is 1. The summed E-state index contributed by atoms with van der Waals surface area (Å²) in [4.78, 5) is 1.08. The van der Waals surface area contributed by atoms with Gasteiger partial charge in [0, 0.05) is 4.88 Å². The Hall–Kier alpha value is -0.600. The Balaban J connectivity index is 2.12. The molecule has 0 bridgehead atoms. The molecule has 1 atom stereocenters. The van der Waals surface area contributed by atoms with E-state index in [1.54, 1.807) is 11.3 Å². The van der Waals surface area contributed by atoms with Gasteiger partial charge < -0.3 is 5.11 Å². The topological polar surface area (TPSA) is 20.2 Å². The van der Waals surface area contributed by atoms with Crippen LogP contribution in [0.4, 0.5) is 0 Å². The lowest BCUT2D eigenvalue weighted by Crippen LogP contribution is -2.02. The van der Waals surface area contributed by atoms with E-state index in [0.717, 1.165) is 17.7 Å². The van der Waals surface area contributed by atoms with Crippen LogP contribution in [0, 0.1) is 0 Å². The zero-order chi connectivity index (χ0) is 9.10. The first-order valence-electron chi connectivity index (χ1n) is 4.78. The van der Waals surface area contributed by atoms with Crippen molar-refractivity contribution in [1.29, 1.82) is 0 Å². The van der Waals surface area contributed by atoms with Crippen LogP contribution in [0.25, 0.3) is 0 Å². The van der Waals surface area contributed by atoms with Crippen molar-refractivity contribution in [2.75, 3.05) is 0 Å². The molecule has 1 N–H and O–H groups in total. The van der Waals surface area contributed by atoms with E-state index < -0.39 is 0 Å². The summed E-state index contributed by atoms with van der Waals surface area (Å²) in [6, 6.07) is 4.00. The Morgan fingerprint density at radius 1 is 1.38 bits per heavy atom. The average molecular weight is 194 g/mol. The van der Waals surface area contributed by atoms with E-state index in [0.29, 0.717) is 0 Å². The summed E-state index contributed by atoms with van der Waals surface area (Å²) in [7, 11) is 0. The molecule has 0 aliphatic heterocycles. The van der Waals surface area contributed by atoms with E-state index in [4.69, 9.17) is 0 Å². The second kappa shape index (κ2) is 4.07. The van der Waals surface area contributed by atoms with Gasteiger partial charge in [0.15, 0.2) is 0 Å². The Labute approximate surface area is 82.7 Å². The van der Waals surface area contributed by atoms with E-state index in [2.05, 4.69) is 6.08 Å². The predicted molar refractivity (Wildman–Crippen MR) is 55.8 cm³/mol. The fraction of sp³-hybridized carbons (Fsp3) is 0.455. The molecule has 1 aromatic heterocycles. The number of allylic oxidation sites excluding steroid dienone is 1. The Bertz CT molecular complexity index is 287. The maximum absolute atomic E-state index is 9.98. The predicted octanol–water partition coefficient (Wildman–Crippen LogP) is 3.28. The minimum absolute atomic E-state index is 0.333. The first-order chi connectivity index (χ1) is 6.38. The van der Waals surface area contributed by atoms with Crippen LogP contribution in [-0.4, -0.2) is 5.11 Å². The smallest absolute Gasteiger partial charge is 0.109 e. The summed E-state index contributed by atoms with van der Waals surface area (Å²) in [5.74, 6) is 0. The molecule has 0 radical (unpaired) electrons. The average Bonchev–Trinajstić information content (AvgIpc) is 2.71. The third-order valence-electron chi connectivity index (χ3n) is 2.49. The Morgan fingerprint density at radius 2 is 2.31 bits per heavy atom. The lowest BCUT2D eigenvalue weighted by atomic mass is 9.95. The van der Waals surface area contributed by atoms with Gasteiger partial charge in [0.2, 0.25) is 0 Å². The summed E-state index contributed by atoms with van der Waals surface area (Å²) >= 11 is 1.63. The van der Waals surface area contributed by atoms with Crippen LogP contribution in [-0.2, 0) is 0 Å². The first kappa shape index (κ1) is 8.97. The molecule has 0 spiro atoms. The molecule has 2 rings (SSSR count). The van der Waals surface area contributed by atoms with Gasteiger partial charge >= 0.3 is 0 Å². The van der Waals surface area contributed by atoms with Crippen molar-refractivity contribution in [3.05, 3.63) is 34.0 Å². The zero-order valence-electron chi connectivity index (χ0n) is 7.57. The molecule has 13 heavy (non-hydrogen) atoms. The molecular weight excluding hydrogens is 180 g/mol. The second-order valence-electron chi connectivity index (χ2n) is 3.44. The molecule has 1 aromatic rings. The van der Waals surface area contributed by atoms with Crippen molar-refractivity contribution in [2.45, 2.75) is 31.8 Å². The van der Waals surface area contributed by atoms with E-state index in [1.165, 1.54) is 18.4 Å². The molecule has 2 heteroatoms. The third-order valence-corrected chi connectivity index (χ3v) is 3.41. The second-order valence-corrected chi connectivity index (χ2v) is 4.42. The van der Waals surface area contributed by atoms with Crippen LogP contribution < -0.4 is 0 Å². The van der Waals surface area contributed by atoms with Crippen molar-refractivity contribution in [3.63, 3.8) is 0 Å². The summed E-state index contributed by atoms with van der Waals surface area (Å²) < 4.78 is 0. The largest absolute Gasteiger partial charge is 0.383 e. The lowest BCUT2D eigenvalue weighted by Gasteiger charge is -2.17. The standard InChI is InChI=1S/C11H14OS/c12-11(10-7-4-8-13-10)9-5-2-1-3-6-9/h4-5,7-8,11-12H,1-3,6H2. The monoisotopic (exact) mass is 194 g/mol. The van der Waals surface area contributed by atoms with Crippen LogP contribution in [0.1, 0.15) is 36.7 Å². The number of rotatable bonds is 2. The van der Waals surface area contributed by atoms with Gasteiger partial charge in [-0.25, -0.2) is 0 Å². The van der Waals surface area contributed by atoms with E-state index in [9.17, 15) is 5.11 Å². The van der Waals surface area contributed by atoms with Crippen LogP contribution in [0.15, 0.2) is 29.2 Å². The molecule has 1 aliphatic carbocycles.